The lowest BCUT2D eigenvalue weighted by atomic mass is 10.1. The number of ether oxygens (including phenoxy) is 2. The van der Waals surface area contributed by atoms with Crippen molar-refractivity contribution in [2.75, 3.05) is 20.3 Å². The van der Waals surface area contributed by atoms with Crippen molar-refractivity contribution < 1.29 is 28.7 Å². The highest BCUT2D eigenvalue weighted by Gasteiger charge is 2.23. The summed E-state index contributed by atoms with van der Waals surface area (Å²) in [4.78, 5) is 50.6. The average Bonchev–Trinajstić information content (AvgIpc) is 2.94. The van der Waals surface area contributed by atoms with E-state index in [1.807, 2.05) is 0 Å². The quantitative estimate of drug-likeness (QED) is 0.214. The largest absolute Gasteiger partial charge is 0.466 e. The molecule has 0 heterocycles. The van der Waals surface area contributed by atoms with E-state index in [9.17, 15) is 19.2 Å². The molecule has 3 rings (SSSR count). The maximum Gasteiger partial charge on any atom is 0.338 e. The Hall–Kier alpha value is -4.72. The summed E-state index contributed by atoms with van der Waals surface area (Å²) in [5.41, 5.74) is 3.79. The van der Waals surface area contributed by atoms with Crippen molar-refractivity contribution in [2.24, 2.45) is 0 Å². The molecule has 0 aromatic heterocycles. The maximum absolute atomic E-state index is 13.2. The van der Waals surface area contributed by atoms with Gasteiger partial charge in [-0.3, -0.25) is 15.0 Å². The molecule has 0 bridgehead atoms. The summed E-state index contributed by atoms with van der Waals surface area (Å²) in [5, 5.41) is 1.06. The van der Waals surface area contributed by atoms with E-state index in [2.05, 4.69) is 5.43 Å². The molecular weight excluding hydrogens is 460 g/mol. The van der Waals surface area contributed by atoms with Crippen LogP contribution in [0, 0.1) is 0 Å². The Morgan fingerprint density at radius 3 is 1.86 bits per heavy atom. The van der Waals surface area contributed by atoms with Gasteiger partial charge in [0.2, 0.25) is 0 Å². The van der Waals surface area contributed by atoms with Gasteiger partial charge in [0.05, 0.1) is 31.4 Å². The van der Waals surface area contributed by atoms with Crippen LogP contribution in [0.1, 0.15) is 37.5 Å². The summed E-state index contributed by atoms with van der Waals surface area (Å²) < 4.78 is 10.1. The molecule has 184 valence electrons. The molecule has 0 saturated heterocycles. The lowest BCUT2D eigenvalue weighted by Gasteiger charge is -2.24. The van der Waals surface area contributed by atoms with E-state index in [1.165, 1.54) is 13.2 Å². The Kier molecular flexibility index (Phi) is 9.52. The zero-order valence-corrected chi connectivity index (χ0v) is 19.8. The molecule has 36 heavy (non-hydrogen) atoms. The van der Waals surface area contributed by atoms with Crippen LogP contribution >= 0.6 is 0 Å². The number of hydrogen-bond donors (Lipinski definition) is 1. The van der Waals surface area contributed by atoms with Crippen molar-refractivity contribution >= 4 is 23.8 Å². The van der Waals surface area contributed by atoms with Gasteiger partial charge in [0, 0.05) is 17.5 Å². The molecule has 0 aliphatic heterocycles. The minimum absolute atomic E-state index is 0.0111. The number of hydrazine groups is 1. The topological polar surface area (TPSA) is 102 Å². The summed E-state index contributed by atoms with van der Waals surface area (Å²) in [5.74, 6) is -2.19. The molecule has 0 aliphatic carbocycles. The zero-order valence-electron chi connectivity index (χ0n) is 19.8. The second-order valence-corrected chi connectivity index (χ2v) is 7.58. The predicted octanol–water partition coefficient (Wildman–Crippen LogP) is 3.82. The lowest BCUT2D eigenvalue weighted by molar-refractivity contribution is -0.136. The first-order valence-electron chi connectivity index (χ1n) is 11.2. The number of methoxy groups -OCH3 is 1. The third-order valence-corrected chi connectivity index (χ3v) is 5.07. The molecule has 3 aromatic rings. The van der Waals surface area contributed by atoms with Crippen LogP contribution in [0.4, 0.5) is 0 Å². The summed E-state index contributed by atoms with van der Waals surface area (Å²) in [6.45, 7) is -0.247. The van der Waals surface area contributed by atoms with Crippen molar-refractivity contribution in [3.05, 3.63) is 119 Å². The van der Waals surface area contributed by atoms with Crippen LogP contribution in [-0.4, -0.2) is 49.0 Å². The number of nitrogens with zero attached hydrogens (tertiary/aromatic N) is 1. The molecular formula is C28H26N2O6. The number of hydrogen-bond acceptors (Lipinski definition) is 6. The fraction of sp³-hybridized carbons (Fsp3) is 0.143. The third kappa shape index (κ3) is 7.39. The fourth-order valence-electron chi connectivity index (χ4n) is 3.23. The number of nitrogens with one attached hydrogen (secondary N) is 1. The first-order chi connectivity index (χ1) is 17.5. The van der Waals surface area contributed by atoms with Crippen LogP contribution in [-0.2, 0) is 14.3 Å². The van der Waals surface area contributed by atoms with Gasteiger partial charge in [-0.25, -0.2) is 14.6 Å². The van der Waals surface area contributed by atoms with Gasteiger partial charge in [-0.1, -0.05) is 60.7 Å². The predicted molar refractivity (Wildman–Crippen MR) is 133 cm³/mol. The monoisotopic (exact) mass is 486 g/mol. The molecule has 2 amide bonds. The number of carbonyl (C=O) groups is 4. The molecule has 8 heteroatoms. The highest BCUT2D eigenvalue weighted by Crippen LogP contribution is 2.10. The number of carbonyl (C=O) groups excluding carboxylic acids is 4. The van der Waals surface area contributed by atoms with Crippen LogP contribution in [0.15, 0.2) is 103 Å². The highest BCUT2D eigenvalue weighted by molar-refractivity contribution is 6.00. The van der Waals surface area contributed by atoms with E-state index in [4.69, 9.17) is 9.47 Å². The molecule has 0 spiro atoms. The molecule has 0 atom stereocenters. The van der Waals surface area contributed by atoms with Crippen molar-refractivity contribution in [1.82, 2.24) is 10.4 Å². The van der Waals surface area contributed by atoms with Crippen LogP contribution in [0.2, 0.25) is 0 Å². The van der Waals surface area contributed by atoms with Crippen LogP contribution in [0.5, 0.6) is 0 Å². The fourth-order valence-corrected chi connectivity index (χ4v) is 3.23. The zero-order chi connectivity index (χ0) is 25.8. The average molecular weight is 487 g/mol. The number of amides is 2. The second kappa shape index (κ2) is 13.2. The smallest absolute Gasteiger partial charge is 0.338 e. The Balaban J connectivity index is 1.75. The molecule has 8 nitrogen and oxygen atoms in total. The highest BCUT2D eigenvalue weighted by atomic mass is 16.5. The van der Waals surface area contributed by atoms with Crippen molar-refractivity contribution in [1.29, 1.82) is 0 Å². The summed E-state index contributed by atoms with van der Waals surface area (Å²) in [7, 11) is 1.22. The van der Waals surface area contributed by atoms with Crippen molar-refractivity contribution in [3.8, 4) is 0 Å². The van der Waals surface area contributed by atoms with E-state index in [1.54, 1.807) is 91.0 Å². The normalized spacial score (nSPS) is 10.8. The van der Waals surface area contributed by atoms with Crippen molar-refractivity contribution in [2.45, 2.75) is 6.42 Å². The summed E-state index contributed by atoms with van der Waals surface area (Å²) >= 11 is 0. The number of rotatable bonds is 9. The first kappa shape index (κ1) is 25.9. The first-order valence-corrected chi connectivity index (χ1v) is 11.2. The van der Waals surface area contributed by atoms with Crippen LogP contribution in [0.25, 0.3) is 0 Å². The van der Waals surface area contributed by atoms with Crippen LogP contribution < -0.4 is 5.43 Å². The van der Waals surface area contributed by atoms with Gasteiger partial charge in [-0.15, -0.1) is 0 Å². The second-order valence-electron chi connectivity index (χ2n) is 7.58. The van der Waals surface area contributed by atoms with E-state index in [0.29, 0.717) is 16.7 Å². The molecule has 0 aliphatic rings. The van der Waals surface area contributed by atoms with Gasteiger partial charge in [0.15, 0.2) is 0 Å². The van der Waals surface area contributed by atoms with Crippen LogP contribution in [0.3, 0.4) is 0 Å². The van der Waals surface area contributed by atoms with E-state index >= 15 is 0 Å². The Morgan fingerprint density at radius 1 is 0.778 bits per heavy atom. The third-order valence-electron chi connectivity index (χ3n) is 5.07. The standard InChI is InChI=1S/C28H26N2O6/c1-35-27(33)24(18-11-19-36-28(34)23-16-9-4-10-17-23)20-30(26(32)22-14-7-3-8-15-22)29-25(31)21-12-5-2-6-13-21/h2-10,12-18H,11,19-20H2,1H3,(H,29,31)/b24-18+. The van der Waals surface area contributed by atoms with Crippen molar-refractivity contribution in [3.63, 3.8) is 0 Å². The van der Waals surface area contributed by atoms with Gasteiger partial charge in [-0.05, 0) is 36.4 Å². The lowest BCUT2D eigenvalue weighted by Crippen LogP contribution is -2.47. The SMILES string of the molecule is COC(=O)/C(=C/CCOC(=O)c1ccccc1)CN(NC(=O)c1ccccc1)C(=O)c1ccccc1. The van der Waals surface area contributed by atoms with E-state index < -0.39 is 23.8 Å². The molecule has 3 aromatic carbocycles. The Bertz CT molecular complexity index is 1210. The maximum atomic E-state index is 13.2. The number of benzene rings is 3. The minimum Gasteiger partial charge on any atom is -0.466 e. The van der Waals surface area contributed by atoms with Gasteiger partial charge < -0.3 is 9.47 Å². The molecule has 0 saturated carbocycles. The summed E-state index contributed by atoms with van der Waals surface area (Å²) in [6, 6.07) is 25.3. The Morgan fingerprint density at radius 2 is 1.31 bits per heavy atom. The van der Waals surface area contributed by atoms with Gasteiger partial charge in [-0.2, -0.15) is 0 Å². The molecule has 1 N–H and O–H groups in total. The van der Waals surface area contributed by atoms with E-state index in [-0.39, 0.29) is 25.1 Å². The Labute approximate surface area is 209 Å². The van der Waals surface area contributed by atoms with Gasteiger partial charge in [0.25, 0.3) is 11.8 Å². The number of esters is 2. The molecule has 0 radical (unpaired) electrons. The molecule has 0 unspecified atom stereocenters. The van der Waals surface area contributed by atoms with E-state index in [0.717, 1.165) is 5.01 Å². The molecule has 0 fully saturated rings. The minimum atomic E-state index is -0.677. The van der Waals surface area contributed by atoms with Gasteiger partial charge >= 0.3 is 11.9 Å². The van der Waals surface area contributed by atoms with Gasteiger partial charge in [0.1, 0.15) is 0 Å². The summed E-state index contributed by atoms with van der Waals surface area (Å²) in [6.07, 6.45) is 1.72.